The van der Waals surface area contributed by atoms with E-state index in [4.69, 9.17) is 4.74 Å². The highest BCUT2D eigenvalue weighted by Crippen LogP contribution is 2.25. The lowest BCUT2D eigenvalue weighted by Crippen LogP contribution is -2.28. The summed E-state index contributed by atoms with van der Waals surface area (Å²) in [4.78, 5) is 23.4. The zero-order chi connectivity index (χ0) is 17.3. The Hall–Kier alpha value is -2.42. The third-order valence-corrected chi connectivity index (χ3v) is 4.77. The number of nitrogens with one attached hydrogen (secondary N) is 1. The minimum Gasteiger partial charge on any atom is -0.445 e. The topological polar surface area (TPSA) is 112 Å². The number of benzene rings is 1. The van der Waals surface area contributed by atoms with Gasteiger partial charge in [-0.15, -0.1) is 0 Å². The minimum atomic E-state index is -4.04. The van der Waals surface area contributed by atoms with E-state index in [0.29, 0.717) is 0 Å². The van der Waals surface area contributed by atoms with E-state index >= 15 is 0 Å². The number of carbonyl (C=O) groups is 1. The zero-order valence-corrected chi connectivity index (χ0v) is 13.7. The van der Waals surface area contributed by atoms with Crippen molar-refractivity contribution in [1.82, 2.24) is 5.16 Å². The maximum absolute atomic E-state index is 12.5. The molecule has 0 radical (unpaired) electrons. The summed E-state index contributed by atoms with van der Waals surface area (Å²) in [5, 5.41) is 1.49. The predicted molar refractivity (Wildman–Crippen MR) is 78.3 cm³/mol. The van der Waals surface area contributed by atoms with Crippen molar-refractivity contribution < 1.29 is 27.2 Å². The minimum absolute atomic E-state index is 0.0374. The van der Waals surface area contributed by atoms with Gasteiger partial charge in [-0.2, -0.15) is 0 Å². The first-order valence-corrected chi connectivity index (χ1v) is 8.23. The lowest BCUT2D eigenvalue weighted by molar-refractivity contribution is -0.717. The number of aromatic amines is 1. The molecule has 0 saturated carbocycles. The van der Waals surface area contributed by atoms with E-state index in [2.05, 4.69) is 4.63 Å². The molecule has 124 valence electrons. The molecule has 0 fully saturated rings. The van der Waals surface area contributed by atoms with Gasteiger partial charge in [-0.3, -0.25) is 4.79 Å². The Bertz CT molecular complexity index is 859. The van der Waals surface area contributed by atoms with Gasteiger partial charge in [0.1, 0.15) is 0 Å². The number of sulfone groups is 1. The normalized spacial score (nSPS) is 12.1. The molecule has 2 rings (SSSR count). The summed E-state index contributed by atoms with van der Waals surface area (Å²) in [6.07, 6.45) is 0. The van der Waals surface area contributed by atoms with Crippen LogP contribution in [0.2, 0.25) is 0 Å². The maximum atomic E-state index is 12.5. The standard InChI is InChI=1S/C14H17N2O6S/c1-14(2,3)11(17)9-21-13-12(15-22-16(13)18)23(19,20)10-7-5-4-6-8-10/h4-8,15H,9H2,1-3H3/q+1. The van der Waals surface area contributed by atoms with Gasteiger partial charge < -0.3 is 4.74 Å². The molecule has 0 spiro atoms. The SMILES string of the molecule is CC(C)(C)C(=O)COc1c(S(=O)(=O)c2ccccc2)[nH]o[n+]1=O. The van der Waals surface area contributed by atoms with Gasteiger partial charge in [0, 0.05) is 5.41 Å². The largest absolute Gasteiger partial charge is 0.445 e. The van der Waals surface area contributed by atoms with Crippen molar-refractivity contribution in [3.05, 3.63) is 35.2 Å². The number of nitrogens with zero attached hydrogens (tertiary/aromatic N) is 1. The van der Waals surface area contributed by atoms with Crippen LogP contribution in [0.15, 0.2) is 44.9 Å². The van der Waals surface area contributed by atoms with Crippen LogP contribution in [-0.2, 0) is 14.6 Å². The molecule has 2 aromatic rings. The molecule has 23 heavy (non-hydrogen) atoms. The summed E-state index contributed by atoms with van der Waals surface area (Å²) in [6.45, 7) is 4.61. The molecule has 0 saturated heterocycles. The number of carbonyl (C=O) groups excluding carboxylic acids is 1. The Kier molecular flexibility index (Phi) is 4.42. The molecule has 0 aliphatic rings. The third kappa shape index (κ3) is 3.50. The van der Waals surface area contributed by atoms with Crippen LogP contribution in [0.3, 0.4) is 0 Å². The van der Waals surface area contributed by atoms with Crippen LogP contribution in [0.1, 0.15) is 20.8 Å². The number of rotatable bonds is 5. The Morgan fingerprint density at radius 1 is 1.26 bits per heavy atom. The molecule has 1 aromatic heterocycles. The van der Waals surface area contributed by atoms with Crippen molar-refractivity contribution in [2.45, 2.75) is 30.7 Å². The van der Waals surface area contributed by atoms with Gasteiger partial charge in [-0.05, 0) is 17.0 Å². The van der Waals surface area contributed by atoms with Gasteiger partial charge >= 0.3 is 10.9 Å². The second kappa shape index (κ2) is 5.99. The van der Waals surface area contributed by atoms with Crippen LogP contribution in [0, 0.1) is 10.3 Å². The van der Waals surface area contributed by atoms with Gasteiger partial charge in [0.15, 0.2) is 12.4 Å². The fraction of sp³-hybridized carbons (Fsp3) is 0.357. The summed E-state index contributed by atoms with van der Waals surface area (Å²) in [6, 6.07) is 7.49. The monoisotopic (exact) mass is 341 g/mol. The lowest BCUT2D eigenvalue weighted by Gasteiger charge is -2.15. The molecule has 8 nitrogen and oxygen atoms in total. The summed E-state index contributed by atoms with van der Waals surface area (Å²) in [5.41, 5.74) is -0.681. The highest BCUT2D eigenvalue weighted by molar-refractivity contribution is 7.91. The second-order valence-electron chi connectivity index (χ2n) is 5.86. The number of H-pyrrole nitrogens is 1. The Morgan fingerprint density at radius 2 is 1.87 bits per heavy atom. The fourth-order valence-corrected chi connectivity index (χ4v) is 2.87. The van der Waals surface area contributed by atoms with Crippen LogP contribution in [0.25, 0.3) is 0 Å². The summed E-state index contributed by atoms with van der Waals surface area (Å²) in [7, 11) is -4.04. The highest BCUT2D eigenvalue weighted by Gasteiger charge is 2.36. The number of Topliss-reactive ketones (excluding diaryl/α,β-unsaturated/α-hetero) is 1. The zero-order valence-electron chi connectivity index (χ0n) is 12.9. The van der Waals surface area contributed by atoms with Crippen molar-refractivity contribution >= 4 is 15.6 Å². The first-order valence-electron chi connectivity index (χ1n) is 6.75. The van der Waals surface area contributed by atoms with Gasteiger partial charge in [0.25, 0.3) is 9.84 Å². The highest BCUT2D eigenvalue weighted by atomic mass is 32.2. The van der Waals surface area contributed by atoms with E-state index in [1.54, 1.807) is 39.0 Å². The van der Waals surface area contributed by atoms with E-state index < -0.39 is 32.8 Å². The first-order chi connectivity index (χ1) is 10.6. The molecule has 0 amide bonds. The van der Waals surface area contributed by atoms with Gasteiger partial charge in [0.2, 0.25) is 4.60 Å². The third-order valence-electron chi connectivity index (χ3n) is 3.08. The molecule has 9 heteroatoms. The maximum Gasteiger partial charge on any atom is 0.439 e. The number of ketones is 1. The molecule has 0 unspecified atom stereocenters. The van der Waals surface area contributed by atoms with Crippen molar-refractivity contribution in [3.8, 4) is 5.88 Å². The summed E-state index contributed by atoms with van der Waals surface area (Å²) >= 11 is 0. The van der Waals surface area contributed by atoms with E-state index in [9.17, 15) is 18.1 Å². The number of ether oxygens (including phenoxy) is 1. The molecule has 0 bridgehead atoms. The van der Waals surface area contributed by atoms with Gasteiger partial charge in [-0.1, -0.05) is 48.8 Å². The van der Waals surface area contributed by atoms with Crippen LogP contribution in [0.5, 0.6) is 5.88 Å². The van der Waals surface area contributed by atoms with Crippen LogP contribution < -0.4 is 9.34 Å². The first kappa shape index (κ1) is 16.9. The smallest absolute Gasteiger partial charge is 0.439 e. The van der Waals surface area contributed by atoms with Gasteiger partial charge in [0.05, 0.1) is 4.90 Å². The van der Waals surface area contributed by atoms with E-state index in [0.717, 1.165) is 0 Å². The molecule has 1 aromatic carbocycles. The molecular formula is C14H17N2O6S+. The second-order valence-corrected chi connectivity index (χ2v) is 7.75. The number of hydrogen-bond acceptors (Lipinski definition) is 6. The average Bonchev–Trinajstić information content (AvgIpc) is 2.86. The Balaban J connectivity index is 2.36. The molecule has 0 aliphatic carbocycles. The quantitative estimate of drug-likeness (QED) is 0.878. The predicted octanol–water partition coefficient (Wildman–Crippen LogP) is 1.35. The summed E-state index contributed by atoms with van der Waals surface area (Å²) < 4.78 is 34.4. The van der Waals surface area contributed by atoms with E-state index in [-0.39, 0.29) is 15.3 Å². The summed E-state index contributed by atoms with van der Waals surface area (Å²) in [5.74, 6) is -0.895. The van der Waals surface area contributed by atoms with Crippen molar-refractivity contribution in [2.75, 3.05) is 6.61 Å². The van der Waals surface area contributed by atoms with E-state index in [1.807, 2.05) is 5.16 Å². The molecular weight excluding hydrogens is 324 g/mol. The van der Waals surface area contributed by atoms with Gasteiger partial charge in [-0.25, -0.2) is 8.42 Å². The number of aromatic nitrogens is 2. The van der Waals surface area contributed by atoms with E-state index in [1.165, 1.54) is 12.1 Å². The number of hydrogen-bond donors (Lipinski definition) is 1. The van der Waals surface area contributed by atoms with Crippen molar-refractivity contribution in [3.63, 3.8) is 0 Å². The molecule has 1 N–H and O–H groups in total. The Morgan fingerprint density at radius 3 is 2.43 bits per heavy atom. The lowest BCUT2D eigenvalue weighted by atomic mass is 9.91. The molecule has 0 aliphatic heterocycles. The van der Waals surface area contributed by atoms with Crippen LogP contribution >= 0.6 is 0 Å². The average molecular weight is 341 g/mol. The fourth-order valence-electron chi connectivity index (χ4n) is 1.61. The molecule has 1 heterocycles. The van der Waals surface area contributed by atoms with Crippen molar-refractivity contribution in [2.24, 2.45) is 5.41 Å². The van der Waals surface area contributed by atoms with Crippen molar-refractivity contribution in [1.29, 1.82) is 0 Å². The Labute approximate surface area is 132 Å². The molecule has 0 atom stereocenters. The van der Waals surface area contributed by atoms with Crippen LogP contribution in [0.4, 0.5) is 0 Å². The van der Waals surface area contributed by atoms with Crippen LogP contribution in [-0.4, -0.2) is 26.0 Å².